The highest BCUT2D eigenvalue weighted by Gasteiger charge is 2.19. The van der Waals surface area contributed by atoms with Crippen molar-refractivity contribution in [2.45, 2.75) is 37.4 Å². The van der Waals surface area contributed by atoms with Crippen LogP contribution < -0.4 is 0 Å². The van der Waals surface area contributed by atoms with Crippen LogP contribution in [0.3, 0.4) is 0 Å². The summed E-state index contributed by atoms with van der Waals surface area (Å²) in [6.07, 6.45) is 6.36. The quantitative estimate of drug-likeness (QED) is 0.577. The maximum Gasteiger partial charge on any atom is 0.0915 e. The molecule has 0 spiro atoms. The van der Waals surface area contributed by atoms with Gasteiger partial charge in [0.05, 0.1) is 11.3 Å². The van der Waals surface area contributed by atoms with Gasteiger partial charge in [-0.15, -0.1) is 0 Å². The van der Waals surface area contributed by atoms with Gasteiger partial charge in [0.15, 0.2) is 0 Å². The third kappa shape index (κ3) is 1.91. The topological polar surface area (TPSA) is 23.8 Å². The van der Waals surface area contributed by atoms with Gasteiger partial charge in [-0.25, -0.2) is 0 Å². The number of rotatable bonds is 1. The van der Waals surface area contributed by atoms with Gasteiger partial charge in [-0.3, -0.25) is 0 Å². The Morgan fingerprint density at radius 2 is 1.90 bits per heavy atom. The molecule has 0 bridgehead atoms. The van der Waals surface area contributed by atoms with Crippen molar-refractivity contribution in [2.24, 2.45) is 5.92 Å². The molecule has 1 aliphatic rings. The van der Waals surface area contributed by atoms with Crippen molar-refractivity contribution in [3.05, 3.63) is 0 Å². The van der Waals surface area contributed by atoms with E-state index in [4.69, 9.17) is 5.26 Å². The van der Waals surface area contributed by atoms with Gasteiger partial charge < -0.3 is 0 Å². The molecule has 1 rings (SSSR count). The summed E-state index contributed by atoms with van der Waals surface area (Å²) in [7, 11) is 0. The second kappa shape index (κ2) is 3.88. The standard InChI is InChI=1S/C8H13NS/c9-6-8(10)7-4-2-1-3-5-7/h7-8,10H,1-5H2. The lowest BCUT2D eigenvalue weighted by Gasteiger charge is -2.22. The first-order chi connectivity index (χ1) is 4.84. The van der Waals surface area contributed by atoms with Gasteiger partial charge in [-0.1, -0.05) is 19.3 Å². The predicted octanol–water partition coefficient (Wildman–Crippen LogP) is 2.39. The van der Waals surface area contributed by atoms with Crippen LogP contribution >= 0.6 is 12.6 Å². The largest absolute Gasteiger partial charge is 0.197 e. The van der Waals surface area contributed by atoms with Crippen LogP contribution in [0.4, 0.5) is 0 Å². The highest BCUT2D eigenvalue weighted by atomic mass is 32.1. The lowest BCUT2D eigenvalue weighted by molar-refractivity contribution is 0.371. The molecule has 56 valence electrons. The molecule has 0 N–H and O–H groups in total. The summed E-state index contributed by atoms with van der Waals surface area (Å²) >= 11 is 4.21. The van der Waals surface area contributed by atoms with Gasteiger partial charge in [0.1, 0.15) is 0 Å². The first kappa shape index (κ1) is 7.94. The van der Waals surface area contributed by atoms with E-state index in [2.05, 4.69) is 18.7 Å². The van der Waals surface area contributed by atoms with Gasteiger partial charge in [-0.05, 0) is 18.8 Å². The van der Waals surface area contributed by atoms with Crippen molar-refractivity contribution in [1.82, 2.24) is 0 Å². The van der Waals surface area contributed by atoms with Crippen LogP contribution in [0.15, 0.2) is 0 Å². The van der Waals surface area contributed by atoms with Gasteiger partial charge >= 0.3 is 0 Å². The molecule has 1 fully saturated rings. The number of hydrogen-bond donors (Lipinski definition) is 1. The van der Waals surface area contributed by atoms with E-state index >= 15 is 0 Å². The molecule has 0 saturated heterocycles. The fourth-order valence-electron chi connectivity index (χ4n) is 1.56. The smallest absolute Gasteiger partial charge is 0.0915 e. The van der Waals surface area contributed by atoms with Crippen LogP contribution in [-0.2, 0) is 0 Å². The molecule has 1 saturated carbocycles. The number of thiol groups is 1. The summed E-state index contributed by atoms with van der Waals surface area (Å²) in [5, 5.41) is 8.55. The van der Waals surface area contributed by atoms with Gasteiger partial charge in [0.25, 0.3) is 0 Å². The average molecular weight is 155 g/mol. The minimum Gasteiger partial charge on any atom is -0.197 e. The zero-order chi connectivity index (χ0) is 7.40. The van der Waals surface area contributed by atoms with Crippen molar-refractivity contribution >= 4 is 12.6 Å². The van der Waals surface area contributed by atoms with Crippen LogP contribution in [-0.4, -0.2) is 5.25 Å². The second-order valence-electron chi connectivity index (χ2n) is 2.97. The van der Waals surface area contributed by atoms with Crippen LogP contribution in [0.5, 0.6) is 0 Å². The molecule has 0 heterocycles. The highest BCUT2D eigenvalue weighted by molar-refractivity contribution is 7.81. The first-order valence-corrected chi connectivity index (χ1v) is 4.44. The molecule has 1 aliphatic carbocycles. The van der Waals surface area contributed by atoms with Crippen molar-refractivity contribution in [2.75, 3.05) is 0 Å². The van der Waals surface area contributed by atoms with E-state index in [1.807, 2.05) is 0 Å². The van der Waals surface area contributed by atoms with E-state index in [1.54, 1.807) is 0 Å². The summed E-state index contributed by atoms with van der Waals surface area (Å²) in [5.74, 6) is 0.571. The van der Waals surface area contributed by atoms with E-state index in [0.717, 1.165) is 0 Å². The zero-order valence-electron chi connectivity index (χ0n) is 6.08. The Balaban J connectivity index is 2.33. The lowest BCUT2D eigenvalue weighted by atomic mass is 9.87. The molecule has 2 heteroatoms. The maximum absolute atomic E-state index is 8.56. The second-order valence-corrected chi connectivity index (χ2v) is 3.53. The van der Waals surface area contributed by atoms with E-state index in [-0.39, 0.29) is 5.25 Å². The number of hydrogen-bond acceptors (Lipinski definition) is 2. The number of nitrogens with zero attached hydrogens (tertiary/aromatic N) is 1. The Labute approximate surface area is 67.8 Å². The molecule has 0 radical (unpaired) electrons. The molecule has 10 heavy (non-hydrogen) atoms. The molecule has 0 aromatic heterocycles. The van der Waals surface area contributed by atoms with E-state index < -0.39 is 0 Å². The summed E-state index contributed by atoms with van der Waals surface area (Å²) in [4.78, 5) is 0. The minimum absolute atomic E-state index is 0.0136. The fraction of sp³-hybridized carbons (Fsp3) is 0.875. The van der Waals surface area contributed by atoms with Gasteiger partial charge in [0, 0.05) is 0 Å². The molecule has 0 aromatic carbocycles. The Hall–Kier alpha value is -0.160. The summed E-state index contributed by atoms with van der Waals surface area (Å²) in [5.41, 5.74) is 0. The van der Waals surface area contributed by atoms with Crippen LogP contribution in [0.25, 0.3) is 0 Å². The Morgan fingerprint density at radius 3 is 2.40 bits per heavy atom. The molecule has 0 aliphatic heterocycles. The highest BCUT2D eigenvalue weighted by Crippen LogP contribution is 2.28. The zero-order valence-corrected chi connectivity index (χ0v) is 6.98. The SMILES string of the molecule is N#CC(S)C1CCCCC1. The third-order valence-electron chi connectivity index (χ3n) is 2.23. The van der Waals surface area contributed by atoms with Gasteiger partial charge in [-0.2, -0.15) is 17.9 Å². The Bertz CT molecular complexity index is 133. The Kier molecular flexibility index (Phi) is 3.08. The monoisotopic (exact) mass is 155 g/mol. The molecular weight excluding hydrogens is 142 g/mol. The fourth-order valence-corrected chi connectivity index (χ4v) is 1.85. The summed E-state index contributed by atoms with van der Waals surface area (Å²) in [6, 6.07) is 2.20. The summed E-state index contributed by atoms with van der Waals surface area (Å²) < 4.78 is 0. The van der Waals surface area contributed by atoms with Crippen LogP contribution in [0, 0.1) is 17.2 Å². The van der Waals surface area contributed by atoms with Crippen molar-refractivity contribution < 1.29 is 0 Å². The molecule has 0 aromatic rings. The van der Waals surface area contributed by atoms with Crippen molar-refractivity contribution in [3.63, 3.8) is 0 Å². The van der Waals surface area contributed by atoms with Crippen LogP contribution in [0.2, 0.25) is 0 Å². The maximum atomic E-state index is 8.56. The normalized spacial score (nSPS) is 23.6. The van der Waals surface area contributed by atoms with E-state index in [9.17, 15) is 0 Å². The molecular formula is C8H13NS. The molecule has 1 nitrogen and oxygen atoms in total. The Morgan fingerprint density at radius 1 is 1.30 bits per heavy atom. The molecule has 1 unspecified atom stereocenters. The van der Waals surface area contributed by atoms with Crippen molar-refractivity contribution in [1.29, 1.82) is 5.26 Å². The molecule has 1 atom stereocenters. The third-order valence-corrected chi connectivity index (χ3v) is 2.77. The lowest BCUT2D eigenvalue weighted by Crippen LogP contribution is -2.16. The number of nitriles is 1. The average Bonchev–Trinajstić information content (AvgIpc) is 2.05. The van der Waals surface area contributed by atoms with Gasteiger partial charge in [0.2, 0.25) is 0 Å². The van der Waals surface area contributed by atoms with Crippen molar-refractivity contribution in [3.8, 4) is 6.07 Å². The van der Waals surface area contributed by atoms with E-state index in [1.165, 1.54) is 32.1 Å². The first-order valence-electron chi connectivity index (χ1n) is 3.92. The summed E-state index contributed by atoms with van der Waals surface area (Å²) in [6.45, 7) is 0. The minimum atomic E-state index is -0.0136. The van der Waals surface area contributed by atoms with Crippen LogP contribution in [0.1, 0.15) is 32.1 Å². The molecule has 0 amide bonds. The predicted molar refractivity (Wildman–Crippen MR) is 45.0 cm³/mol. The van der Waals surface area contributed by atoms with E-state index in [0.29, 0.717) is 5.92 Å².